The lowest BCUT2D eigenvalue weighted by molar-refractivity contribution is -0.143. The Morgan fingerprint density at radius 1 is 1.03 bits per heavy atom. The maximum atomic E-state index is 13.6. The number of carbonyl (C=O) groups is 2. The molecule has 5 heteroatoms. The van der Waals surface area contributed by atoms with E-state index in [1.54, 1.807) is 0 Å². The second kappa shape index (κ2) is 9.65. The molecule has 0 saturated heterocycles. The topological polar surface area (TPSA) is 64.6 Å². The van der Waals surface area contributed by atoms with Gasteiger partial charge in [-0.1, -0.05) is 42.5 Å². The van der Waals surface area contributed by atoms with Crippen molar-refractivity contribution in [3.05, 3.63) is 88.3 Å². The highest BCUT2D eigenvalue weighted by molar-refractivity contribution is 6.04. The monoisotopic (exact) mass is 445 g/mol. The van der Waals surface area contributed by atoms with Crippen molar-refractivity contribution in [3.8, 4) is 5.75 Å². The molecule has 0 fully saturated rings. The van der Waals surface area contributed by atoms with Crippen LogP contribution < -0.4 is 10.1 Å². The molecular formula is C28H31NO4. The van der Waals surface area contributed by atoms with Crippen molar-refractivity contribution in [2.75, 3.05) is 6.61 Å². The maximum Gasteiger partial charge on any atom is 0.337 e. The molecule has 0 bridgehead atoms. The van der Waals surface area contributed by atoms with Gasteiger partial charge in [0.25, 0.3) is 0 Å². The zero-order chi connectivity index (χ0) is 23.5. The molecule has 1 heterocycles. The number of benzene rings is 2. The number of hydrogen-bond donors (Lipinski definition) is 1. The van der Waals surface area contributed by atoms with Gasteiger partial charge >= 0.3 is 5.97 Å². The average molecular weight is 446 g/mol. The van der Waals surface area contributed by atoms with Crippen LogP contribution in [0.1, 0.15) is 63.5 Å². The van der Waals surface area contributed by atoms with Gasteiger partial charge in [-0.3, -0.25) is 4.79 Å². The number of rotatable bonds is 6. The van der Waals surface area contributed by atoms with Crippen LogP contribution in [0.2, 0.25) is 0 Å². The normalized spacial score (nSPS) is 20.5. The summed E-state index contributed by atoms with van der Waals surface area (Å²) in [6.07, 6.45) is 0.894. The van der Waals surface area contributed by atoms with Gasteiger partial charge in [-0.2, -0.15) is 0 Å². The number of esters is 1. The molecule has 2 atom stereocenters. The summed E-state index contributed by atoms with van der Waals surface area (Å²) in [5, 5.41) is 3.40. The Kier molecular flexibility index (Phi) is 6.68. The quantitative estimate of drug-likeness (QED) is 0.603. The van der Waals surface area contributed by atoms with Gasteiger partial charge < -0.3 is 14.8 Å². The number of allylic oxidation sites excluding steroid dienone is 3. The van der Waals surface area contributed by atoms with Gasteiger partial charge in [-0.15, -0.1) is 0 Å². The minimum Gasteiger partial charge on any atom is -0.494 e. The van der Waals surface area contributed by atoms with Crippen molar-refractivity contribution >= 4 is 11.8 Å². The first-order valence-corrected chi connectivity index (χ1v) is 11.6. The molecule has 0 radical (unpaired) electrons. The summed E-state index contributed by atoms with van der Waals surface area (Å²) < 4.78 is 11.2. The summed E-state index contributed by atoms with van der Waals surface area (Å²) in [7, 11) is 0. The molecule has 1 N–H and O–H groups in total. The van der Waals surface area contributed by atoms with Crippen molar-refractivity contribution < 1.29 is 19.1 Å². The maximum absolute atomic E-state index is 13.6. The molecule has 2 aromatic rings. The van der Waals surface area contributed by atoms with Gasteiger partial charge in [0, 0.05) is 29.3 Å². The number of Topliss-reactive ketones (excluding diaryl/α,β-unsaturated/α-hetero) is 1. The molecule has 1 aliphatic carbocycles. The highest BCUT2D eigenvalue weighted by atomic mass is 16.5. The summed E-state index contributed by atoms with van der Waals surface area (Å²) in [4.78, 5) is 26.7. The van der Waals surface area contributed by atoms with Gasteiger partial charge in [0.2, 0.25) is 0 Å². The Bertz CT molecular complexity index is 1100. The molecular weight excluding hydrogens is 414 g/mol. The third kappa shape index (κ3) is 4.72. The Morgan fingerprint density at radius 2 is 1.73 bits per heavy atom. The Labute approximate surface area is 195 Å². The van der Waals surface area contributed by atoms with Crippen molar-refractivity contribution in [2.24, 2.45) is 0 Å². The Hall–Kier alpha value is -3.34. The van der Waals surface area contributed by atoms with Crippen LogP contribution >= 0.6 is 0 Å². The molecule has 1 aliphatic heterocycles. The van der Waals surface area contributed by atoms with E-state index in [0.717, 1.165) is 34.7 Å². The van der Waals surface area contributed by atoms with Gasteiger partial charge in [-0.25, -0.2) is 4.79 Å². The standard InChI is InChI=1S/C28H31NO4/c1-5-32-22-13-11-20(12-14-22)26-25(28(31)33-17(2)3)18(4)29-23-15-21(16-24(30)27(23)26)19-9-7-6-8-10-19/h6-14,17,21,26,29H,5,15-16H2,1-4H3/t21-,26-/m0/s1. The number of hydrogen-bond acceptors (Lipinski definition) is 5. The SMILES string of the molecule is CCOc1ccc([C@H]2C(C(=O)OC(C)C)=C(C)NC3=C2C(=O)C[C@@H](c2ccccc2)C3)cc1. The second-order valence-corrected chi connectivity index (χ2v) is 8.88. The van der Waals surface area contributed by atoms with Crippen LogP contribution in [0.5, 0.6) is 5.75 Å². The number of dihydropyridines is 1. The Balaban J connectivity index is 1.77. The van der Waals surface area contributed by atoms with Crippen LogP contribution in [0.4, 0.5) is 0 Å². The van der Waals surface area contributed by atoms with Crippen LogP contribution in [0, 0.1) is 0 Å². The largest absolute Gasteiger partial charge is 0.494 e. The van der Waals surface area contributed by atoms with Crippen LogP contribution in [0.25, 0.3) is 0 Å². The zero-order valence-corrected chi connectivity index (χ0v) is 19.7. The van der Waals surface area contributed by atoms with Crippen molar-refractivity contribution in [3.63, 3.8) is 0 Å². The molecule has 172 valence electrons. The fraction of sp³-hybridized carbons (Fsp3) is 0.357. The van der Waals surface area contributed by atoms with E-state index in [-0.39, 0.29) is 17.8 Å². The lowest BCUT2D eigenvalue weighted by Gasteiger charge is -2.37. The molecule has 4 rings (SSSR count). The molecule has 2 aliphatic rings. The van der Waals surface area contributed by atoms with Gasteiger partial charge in [0.15, 0.2) is 5.78 Å². The number of carbonyl (C=O) groups excluding carboxylic acids is 2. The molecule has 0 spiro atoms. The first-order chi connectivity index (χ1) is 15.9. The number of ketones is 1. The lowest BCUT2D eigenvalue weighted by atomic mass is 9.71. The van der Waals surface area contributed by atoms with E-state index >= 15 is 0 Å². The smallest absolute Gasteiger partial charge is 0.337 e. The minimum atomic E-state index is -0.465. The predicted molar refractivity (Wildman–Crippen MR) is 128 cm³/mol. The molecule has 0 aromatic heterocycles. The minimum absolute atomic E-state index is 0.0684. The number of ether oxygens (including phenoxy) is 2. The molecule has 0 unspecified atom stereocenters. The molecule has 2 aromatic carbocycles. The van der Waals surface area contributed by atoms with Crippen LogP contribution in [-0.2, 0) is 14.3 Å². The third-order valence-electron chi connectivity index (χ3n) is 6.19. The van der Waals surface area contributed by atoms with Crippen molar-refractivity contribution in [2.45, 2.75) is 58.5 Å². The summed E-state index contributed by atoms with van der Waals surface area (Å²) in [6.45, 7) is 8.06. The van der Waals surface area contributed by atoms with E-state index in [9.17, 15) is 9.59 Å². The molecule has 0 amide bonds. The molecule has 33 heavy (non-hydrogen) atoms. The summed E-state index contributed by atoms with van der Waals surface area (Å²) in [5.74, 6) is 0.0862. The van der Waals surface area contributed by atoms with Crippen LogP contribution in [0.3, 0.4) is 0 Å². The second-order valence-electron chi connectivity index (χ2n) is 8.88. The van der Waals surface area contributed by atoms with Crippen LogP contribution in [-0.4, -0.2) is 24.5 Å². The van der Waals surface area contributed by atoms with E-state index < -0.39 is 11.9 Å². The number of nitrogens with one attached hydrogen (secondary N) is 1. The highest BCUT2D eigenvalue weighted by Crippen LogP contribution is 2.46. The van der Waals surface area contributed by atoms with Crippen molar-refractivity contribution in [1.29, 1.82) is 0 Å². The average Bonchev–Trinajstić information content (AvgIpc) is 2.79. The first-order valence-electron chi connectivity index (χ1n) is 11.6. The van der Waals surface area contributed by atoms with Crippen molar-refractivity contribution in [1.82, 2.24) is 5.32 Å². The van der Waals surface area contributed by atoms with E-state index in [0.29, 0.717) is 24.2 Å². The predicted octanol–water partition coefficient (Wildman–Crippen LogP) is 5.40. The summed E-state index contributed by atoms with van der Waals surface area (Å²) in [6, 6.07) is 17.8. The summed E-state index contributed by atoms with van der Waals surface area (Å²) >= 11 is 0. The van der Waals surface area contributed by atoms with E-state index in [4.69, 9.17) is 9.47 Å². The van der Waals surface area contributed by atoms with Crippen LogP contribution in [0.15, 0.2) is 77.1 Å². The van der Waals surface area contributed by atoms with Gasteiger partial charge in [0.05, 0.1) is 18.3 Å². The van der Waals surface area contributed by atoms with E-state index in [1.165, 1.54) is 0 Å². The fourth-order valence-corrected chi connectivity index (χ4v) is 4.80. The zero-order valence-electron chi connectivity index (χ0n) is 19.7. The molecule has 5 nitrogen and oxygen atoms in total. The van der Waals surface area contributed by atoms with Gasteiger partial charge in [0.1, 0.15) is 5.75 Å². The van der Waals surface area contributed by atoms with Gasteiger partial charge in [-0.05, 0) is 63.3 Å². The Morgan fingerprint density at radius 3 is 2.36 bits per heavy atom. The fourth-order valence-electron chi connectivity index (χ4n) is 4.80. The third-order valence-corrected chi connectivity index (χ3v) is 6.19. The van der Waals surface area contributed by atoms with E-state index in [2.05, 4.69) is 17.4 Å². The lowest BCUT2D eigenvalue weighted by Crippen LogP contribution is -2.36. The molecule has 0 saturated carbocycles. The van der Waals surface area contributed by atoms with E-state index in [1.807, 2.05) is 70.2 Å². The highest BCUT2D eigenvalue weighted by Gasteiger charge is 2.41. The summed E-state index contributed by atoms with van der Waals surface area (Å²) in [5.41, 5.74) is 4.85. The first kappa shape index (κ1) is 22.8.